The fourth-order valence-corrected chi connectivity index (χ4v) is 2.33. The summed E-state index contributed by atoms with van der Waals surface area (Å²) in [5.74, 6) is -1.09. The van der Waals surface area contributed by atoms with Crippen LogP contribution in [-0.4, -0.2) is 5.78 Å². The predicted molar refractivity (Wildman–Crippen MR) is 73.9 cm³/mol. The molecule has 0 heterocycles. The van der Waals surface area contributed by atoms with Gasteiger partial charge < -0.3 is 0 Å². The maximum Gasteiger partial charge on any atom is 0.416 e. The highest BCUT2D eigenvalue weighted by Gasteiger charge is 2.30. The molecule has 21 heavy (non-hydrogen) atoms. The van der Waals surface area contributed by atoms with Crippen LogP contribution in [0.15, 0.2) is 42.5 Å². The van der Waals surface area contributed by atoms with Crippen LogP contribution in [0.1, 0.15) is 27.0 Å². The van der Waals surface area contributed by atoms with Gasteiger partial charge in [-0.05, 0) is 29.8 Å². The Morgan fingerprint density at radius 2 is 1.67 bits per heavy atom. The average molecular weight is 361 g/mol. The van der Waals surface area contributed by atoms with Crippen molar-refractivity contribution in [1.29, 1.82) is 0 Å². The van der Waals surface area contributed by atoms with Crippen molar-refractivity contribution in [3.8, 4) is 0 Å². The Morgan fingerprint density at radius 1 is 1.05 bits per heavy atom. The van der Waals surface area contributed by atoms with Gasteiger partial charge in [0.15, 0.2) is 5.78 Å². The summed E-state index contributed by atoms with van der Waals surface area (Å²) < 4.78 is 50.7. The smallest absolute Gasteiger partial charge is 0.289 e. The fraction of sp³-hybridized carbons (Fsp3) is 0.133. The highest BCUT2D eigenvalue weighted by molar-refractivity contribution is 9.08. The summed E-state index contributed by atoms with van der Waals surface area (Å²) in [6.07, 6.45) is -4.46. The van der Waals surface area contributed by atoms with Gasteiger partial charge in [0.2, 0.25) is 0 Å². The second-order valence-corrected chi connectivity index (χ2v) is 4.90. The van der Waals surface area contributed by atoms with Gasteiger partial charge in [0, 0.05) is 16.5 Å². The van der Waals surface area contributed by atoms with Crippen LogP contribution in [0.2, 0.25) is 0 Å². The Balaban J connectivity index is 2.39. The molecule has 0 bridgehead atoms. The monoisotopic (exact) mass is 360 g/mol. The molecule has 0 fully saturated rings. The summed E-state index contributed by atoms with van der Waals surface area (Å²) in [5, 5.41) is 0.342. The molecule has 0 spiro atoms. The van der Waals surface area contributed by atoms with E-state index in [1.54, 1.807) is 0 Å². The van der Waals surface area contributed by atoms with E-state index in [0.29, 0.717) is 10.9 Å². The van der Waals surface area contributed by atoms with Gasteiger partial charge in [-0.3, -0.25) is 4.79 Å². The SMILES string of the molecule is O=C(c1ccc(C(F)(F)F)cc1)c1cc(F)ccc1CBr. The van der Waals surface area contributed by atoms with E-state index in [9.17, 15) is 22.4 Å². The van der Waals surface area contributed by atoms with E-state index in [1.165, 1.54) is 12.1 Å². The second kappa shape index (κ2) is 5.97. The van der Waals surface area contributed by atoms with Gasteiger partial charge >= 0.3 is 6.18 Å². The van der Waals surface area contributed by atoms with E-state index in [2.05, 4.69) is 15.9 Å². The van der Waals surface area contributed by atoms with Crippen LogP contribution in [0, 0.1) is 5.82 Å². The molecule has 0 unspecified atom stereocenters. The van der Waals surface area contributed by atoms with Crippen LogP contribution in [0.25, 0.3) is 0 Å². The number of carbonyl (C=O) groups excluding carboxylic acids is 1. The van der Waals surface area contributed by atoms with Crippen molar-refractivity contribution >= 4 is 21.7 Å². The topological polar surface area (TPSA) is 17.1 Å². The maximum atomic E-state index is 13.3. The summed E-state index contributed by atoms with van der Waals surface area (Å²) >= 11 is 3.19. The highest BCUT2D eigenvalue weighted by Crippen LogP contribution is 2.29. The summed E-state index contributed by atoms with van der Waals surface area (Å²) in [6, 6.07) is 7.61. The molecule has 0 aromatic heterocycles. The van der Waals surface area contributed by atoms with E-state index in [4.69, 9.17) is 0 Å². The molecule has 0 saturated carbocycles. The first-order valence-corrected chi connectivity index (χ1v) is 7.01. The van der Waals surface area contributed by atoms with Gasteiger partial charge in [-0.15, -0.1) is 0 Å². The highest BCUT2D eigenvalue weighted by atomic mass is 79.9. The van der Waals surface area contributed by atoms with Gasteiger partial charge in [0.05, 0.1) is 5.56 Å². The standard InChI is InChI=1S/C15H9BrF4O/c16-8-10-3-6-12(17)7-13(10)14(21)9-1-4-11(5-2-9)15(18,19)20/h1-7H,8H2. The van der Waals surface area contributed by atoms with Crippen molar-refractivity contribution in [2.75, 3.05) is 0 Å². The number of carbonyl (C=O) groups is 1. The van der Waals surface area contributed by atoms with Gasteiger partial charge in [-0.2, -0.15) is 13.2 Å². The van der Waals surface area contributed by atoms with Crippen LogP contribution < -0.4 is 0 Å². The average Bonchev–Trinajstić information content (AvgIpc) is 2.45. The normalized spacial score (nSPS) is 11.5. The van der Waals surface area contributed by atoms with E-state index in [0.717, 1.165) is 30.3 Å². The lowest BCUT2D eigenvalue weighted by Gasteiger charge is -2.09. The lowest BCUT2D eigenvalue weighted by molar-refractivity contribution is -0.137. The lowest BCUT2D eigenvalue weighted by atomic mass is 9.98. The number of alkyl halides is 4. The summed E-state index contributed by atoms with van der Waals surface area (Å²) in [7, 11) is 0. The first kappa shape index (κ1) is 15.7. The molecule has 0 radical (unpaired) electrons. The molecule has 110 valence electrons. The molecule has 0 atom stereocenters. The van der Waals surface area contributed by atoms with Gasteiger partial charge in [0.25, 0.3) is 0 Å². The Bertz CT molecular complexity index is 662. The third kappa shape index (κ3) is 3.50. The molecule has 2 rings (SSSR count). The Kier molecular flexibility index (Phi) is 4.46. The van der Waals surface area contributed by atoms with Crippen molar-refractivity contribution in [3.63, 3.8) is 0 Å². The number of halogens is 5. The zero-order chi connectivity index (χ0) is 15.6. The van der Waals surface area contributed by atoms with Crippen molar-refractivity contribution in [2.45, 2.75) is 11.5 Å². The third-order valence-electron chi connectivity index (χ3n) is 2.93. The van der Waals surface area contributed by atoms with E-state index >= 15 is 0 Å². The van der Waals surface area contributed by atoms with Crippen LogP contribution in [0.5, 0.6) is 0 Å². The predicted octanol–water partition coefficient (Wildman–Crippen LogP) is 4.97. The zero-order valence-corrected chi connectivity index (χ0v) is 12.1. The van der Waals surface area contributed by atoms with Crippen LogP contribution in [0.4, 0.5) is 17.6 Å². The van der Waals surface area contributed by atoms with Crippen molar-refractivity contribution in [2.24, 2.45) is 0 Å². The van der Waals surface area contributed by atoms with Crippen molar-refractivity contribution in [1.82, 2.24) is 0 Å². The van der Waals surface area contributed by atoms with Gasteiger partial charge in [0.1, 0.15) is 5.82 Å². The molecule has 0 aliphatic rings. The molecule has 0 amide bonds. The van der Waals surface area contributed by atoms with Gasteiger partial charge in [-0.25, -0.2) is 4.39 Å². The molecule has 0 aliphatic carbocycles. The van der Waals surface area contributed by atoms with Gasteiger partial charge in [-0.1, -0.05) is 34.1 Å². The Labute approximate surface area is 126 Å². The molecular weight excluding hydrogens is 352 g/mol. The molecule has 0 N–H and O–H groups in total. The number of hydrogen-bond donors (Lipinski definition) is 0. The lowest BCUT2D eigenvalue weighted by Crippen LogP contribution is -2.08. The van der Waals surface area contributed by atoms with Crippen molar-refractivity contribution < 1.29 is 22.4 Å². The number of hydrogen-bond acceptors (Lipinski definition) is 1. The summed E-state index contributed by atoms with van der Waals surface area (Å²) in [4.78, 5) is 12.3. The first-order chi connectivity index (χ1) is 9.82. The largest absolute Gasteiger partial charge is 0.416 e. The van der Waals surface area contributed by atoms with E-state index in [1.807, 2.05) is 0 Å². The number of rotatable bonds is 3. The van der Waals surface area contributed by atoms with Crippen LogP contribution in [0.3, 0.4) is 0 Å². The van der Waals surface area contributed by atoms with Crippen LogP contribution in [-0.2, 0) is 11.5 Å². The number of ketones is 1. The molecule has 0 aliphatic heterocycles. The molecule has 2 aromatic carbocycles. The minimum Gasteiger partial charge on any atom is -0.289 e. The minimum absolute atomic E-state index is 0.0794. The maximum absolute atomic E-state index is 13.3. The van der Waals surface area contributed by atoms with Crippen molar-refractivity contribution in [3.05, 3.63) is 70.5 Å². The second-order valence-electron chi connectivity index (χ2n) is 4.34. The fourth-order valence-electron chi connectivity index (χ4n) is 1.84. The van der Waals surface area contributed by atoms with E-state index in [-0.39, 0.29) is 11.1 Å². The molecule has 0 saturated heterocycles. The third-order valence-corrected chi connectivity index (χ3v) is 3.54. The Hall–Kier alpha value is -1.69. The molecule has 1 nitrogen and oxygen atoms in total. The zero-order valence-electron chi connectivity index (χ0n) is 10.5. The quantitative estimate of drug-likeness (QED) is 0.429. The summed E-state index contributed by atoms with van der Waals surface area (Å²) in [6.45, 7) is 0. The molecule has 6 heteroatoms. The molecular formula is C15H9BrF4O. The Morgan fingerprint density at radius 3 is 2.19 bits per heavy atom. The molecule has 2 aromatic rings. The van der Waals surface area contributed by atoms with E-state index < -0.39 is 23.3 Å². The minimum atomic E-state index is -4.46. The first-order valence-electron chi connectivity index (χ1n) is 5.89. The number of benzene rings is 2. The summed E-state index contributed by atoms with van der Waals surface area (Å²) in [5.41, 5.74) is -0.0530. The van der Waals surface area contributed by atoms with Crippen LogP contribution >= 0.6 is 15.9 Å².